The van der Waals surface area contributed by atoms with E-state index in [0.29, 0.717) is 12.8 Å². The number of likely N-dealkylation sites (N-methyl/N-ethyl adjacent to an activating group) is 1. The number of amides is 2. The van der Waals surface area contributed by atoms with Gasteiger partial charge in [-0.1, -0.05) is 0 Å². The lowest BCUT2D eigenvalue weighted by Crippen LogP contribution is -2.93. The van der Waals surface area contributed by atoms with Gasteiger partial charge in [0.1, 0.15) is 0 Å². The zero-order chi connectivity index (χ0) is 8.27. The maximum absolute atomic E-state index is 11.0. The number of hydrogen-bond donors (Lipinski definition) is 2. The Morgan fingerprint density at radius 3 is 2.91 bits per heavy atom. The molecule has 0 aromatic heterocycles. The van der Waals surface area contributed by atoms with E-state index in [2.05, 4.69) is 5.32 Å². The van der Waals surface area contributed by atoms with Gasteiger partial charge >= 0.3 is 0 Å². The third kappa shape index (κ3) is 2.01. The van der Waals surface area contributed by atoms with Crippen LogP contribution in [0.25, 0.3) is 0 Å². The molecule has 0 aliphatic carbocycles. The van der Waals surface area contributed by atoms with Crippen LogP contribution < -0.4 is 10.6 Å². The van der Waals surface area contributed by atoms with Crippen LogP contribution in [0.15, 0.2) is 0 Å². The van der Waals surface area contributed by atoms with Gasteiger partial charge in [0.2, 0.25) is 5.91 Å². The van der Waals surface area contributed by atoms with Crippen molar-refractivity contribution in [3.8, 4) is 0 Å². The van der Waals surface area contributed by atoms with Crippen molar-refractivity contribution in [2.45, 2.75) is 25.8 Å². The Hall–Kier alpha value is -0.900. The molecule has 4 heteroatoms. The van der Waals surface area contributed by atoms with Gasteiger partial charge in [-0.05, 0) is 6.92 Å². The Morgan fingerprint density at radius 1 is 1.64 bits per heavy atom. The van der Waals surface area contributed by atoms with Gasteiger partial charge in [0, 0.05) is 12.8 Å². The smallest absolute Gasteiger partial charge is 0.284 e. The van der Waals surface area contributed by atoms with Gasteiger partial charge in [0.05, 0.1) is 6.54 Å². The SMILES string of the molecule is CC[NH2+]C1CCC(=O)NC1=O. The summed E-state index contributed by atoms with van der Waals surface area (Å²) in [5, 5.41) is 4.25. The highest BCUT2D eigenvalue weighted by molar-refractivity contribution is 5.99. The molecule has 4 nitrogen and oxygen atoms in total. The normalized spacial score (nSPS) is 25.0. The van der Waals surface area contributed by atoms with E-state index < -0.39 is 0 Å². The Morgan fingerprint density at radius 2 is 2.36 bits per heavy atom. The summed E-state index contributed by atoms with van der Waals surface area (Å²) in [7, 11) is 0. The average Bonchev–Trinajstić information content (AvgIpc) is 1.95. The molecule has 0 saturated carbocycles. The second-order valence-electron chi connectivity index (χ2n) is 2.70. The summed E-state index contributed by atoms with van der Waals surface area (Å²) in [6.07, 6.45) is 1.16. The van der Waals surface area contributed by atoms with Crippen molar-refractivity contribution in [2.75, 3.05) is 6.54 Å². The van der Waals surface area contributed by atoms with Crippen LogP contribution in [-0.2, 0) is 9.59 Å². The molecular formula is C7H13N2O2+. The van der Waals surface area contributed by atoms with Crippen molar-refractivity contribution < 1.29 is 14.9 Å². The second-order valence-corrected chi connectivity index (χ2v) is 2.70. The Labute approximate surface area is 65.3 Å². The van der Waals surface area contributed by atoms with Crippen LogP contribution in [-0.4, -0.2) is 24.4 Å². The fourth-order valence-electron chi connectivity index (χ4n) is 1.22. The zero-order valence-electron chi connectivity index (χ0n) is 6.59. The number of nitrogens with one attached hydrogen (secondary N) is 1. The quantitative estimate of drug-likeness (QED) is 0.473. The minimum absolute atomic E-state index is 0.0438. The molecule has 1 aliphatic heterocycles. The molecule has 2 amide bonds. The van der Waals surface area contributed by atoms with Crippen molar-refractivity contribution >= 4 is 11.8 Å². The number of imide groups is 1. The van der Waals surface area contributed by atoms with E-state index in [1.54, 1.807) is 0 Å². The topological polar surface area (TPSA) is 62.8 Å². The summed E-state index contributed by atoms with van der Waals surface area (Å²) < 4.78 is 0. The van der Waals surface area contributed by atoms with Crippen LogP contribution in [0.1, 0.15) is 19.8 Å². The summed E-state index contributed by atoms with van der Waals surface area (Å²) >= 11 is 0. The first-order valence-electron chi connectivity index (χ1n) is 3.91. The molecule has 0 bridgehead atoms. The maximum atomic E-state index is 11.0. The number of carbonyl (C=O) groups excluding carboxylic acids is 2. The predicted molar refractivity (Wildman–Crippen MR) is 38.6 cm³/mol. The van der Waals surface area contributed by atoms with E-state index in [4.69, 9.17) is 0 Å². The molecule has 1 fully saturated rings. The number of piperidine rings is 1. The highest BCUT2D eigenvalue weighted by Gasteiger charge is 2.28. The van der Waals surface area contributed by atoms with Crippen LogP contribution >= 0.6 is 0 Å². The average molecular weight is 157 g/mol. The minimum atomic E-state index is -0.143. The van der Waals surface area contributed by atoms with Crippen molar-refractivity contribution in [3.63, 3.8) is 0 Å². The van der Waals surface area contributed by atoms with Crippen molar-refractivity contribution in [2.24, 2.45) is 0 Å². The molecule has 1 heterocycles. The van der Waals surface area contributed by atoms with Gasteiger partial charge in [-0.15, -0.1) is 0 Å². The van der Waals surface area contributed by atoms with Crippen LogP contribution in [0, 0.1) is 0 Å². The summed E-state index contributed by atoms with van der Waals surface area (Å²) in [5.41, 5.74) is 0. The Bertz CT molecular complexity index is 179. The first kappa shape index (κ1) is 8.20. The lowest BCUT2D eigenvalue weighted by Gasteiger charge is -2.17. The number of nitrogens with two attached hydrogens (primary N) is 1. The molecular weight excluding hydrogens is 144 g/mol. The summed E-state index contributed by atoms with van der Waals surface area (Å²) in [6.45, 7) is 2.87. The van der Waals surface area contributed by atoms with E-state index in [-0.39, 0.29) is 17.9 Å². The highest BCUT2D eigenvalue weighted by atomic mass is 16.2. The fourth-order valence-corrected chi connectivity index (χ4v) is 1.22. The lowest BCUT2D eigenvalue weighted by atomic mass is 10.1. The number of hydrogen-bond acceptors (Lipinski definition) is 2. The van der Waals surface area contributed by atoms with E-state index in [9.17, 15) is 9.59 Å². The largest absolute Gasteiger partial charge is 0.336 e. The van der Waals surface area contributed by atoms with Gasteiger partial charge in [-0.3, -0.25) is 14.9 Å². The summed E-state index contributed by atoms with van der Waals surface area (Å²) in [6, 6.07) is -0.0438. The van der Waals surface area contributed by atoms with Crippen molar-refractivity contribution in [1.29, 1.82) is 0 Å². The van der Waals surface area contributed by atoms with Gasteiger partial charge in [0.25, 0.3) is 5.91 Å². The molecule has 1 rings (SSSR count). The summed E-state index contributed by atoms with van der Waals surface area (Å²) in [4.78, 5) is 21.7. The lowest BCUT2D eigenvalue weighted by molar-refractivity contribution is -0.674. The predicted octanol–water partition coefficient (Wildman–Crippen LogP) is -1.63. The number of carbonyl (C=O) groups is 2. The standard InChI is InChI=1S/C7H12N2O2/c1-2-8-5-3-4-6(10)9-7(5)11/h5,8H,2-4H2,1H3,(H,9,10,11)/p+1. The zero-order valence-corrected chi connectivity index (χ0v) is 6.59. The van der Waals surface area contributed by atoms with Gasteiger partial charge in [-0.25, -0.2) is 0 Å². The van der Waals surface area contributed by atoms with Crippen molar-refractivity contribution in [3.05, 3.63) is 0 Å². The third-order valence-electron chi connectivity index (χ3n) is 1.80. The van der Waals surface area contributed by atoms with Gasteiger partial charge in [-0.2, -0.15) is 0 Å². The molecule has 0 aromatic carbocycles. The van der Waals surface area contributed by atoms with Crippen molar-refractivity contribution in [1.82, 2.24) is 5.32 Å². The minimum Gasteiger partial charge on any atom is -0.336 e. The summed E-state index contributed by atoms with van der Waals surface area (Å²) in [5.74, 6) is -0.279. The molecule has 1 unspecified atom stereocenters. The Balaban J connectivity index is 2.44. The van der Waals surface area contributed by atoms with Gasteiger partial charge < -0.3 is 5.32 Å². The molecule has 1 saturated heterocycles. The molecule has 0 spiro atoms. The van der Waals surface area contributed by atoms with Crippen LogP contribution in [0.3, 0.4) is 0 Å². The van der Waals surface area contributed by atoms with Crippen LogP contribution in [0.4, 0.5) is 0 Å². The monoisotopic (exact) mass is 157 g/mol. The first-order valence-corrected chi connectivity index (χ1v) is 3.91. The molecule has 0 aromatic rings. The van der Waals surface area contributed by atoms with Crippen LogP contribution in [0.5, 0.6) is 0 Å². The van der Waals surface area contributed by atoms with Gasteiger partial charge in [0.15, 0.2) is 6.04 Å². The highest BCUT2D eigenvalue weighted by Crippen LogP contribution is 1.99. The number of rotatable bonds is 2. The first-order chi connectivity index (χ1) is 5.24. The Kier molecular flexibility index (Phi) is 2.59. The molecule has 62 valence electrons. The molecule has 1 atom stereocenters. The molecule has 1 aliphatic rings. The molecule has 0 radical (unpaired) electrons. The van der Waals surface area contributed by atoms with E-state index in [1.807, 2.05) is 12.2 Å². The fraction of sp³-hybridized carbons (Fsp3) is 0.714. The van der Waals surface area contributed by atoms with E-state index >= 15 is 0 Å². The molecule has 3 N–H and O–H groups in total. The van der Waals surface area contributed by atoms with E-state index in [1.165, 1.54) is 0 Å². The molecule has 11 heavy (non-hydrogen) atoms. The van der Waals surface area contributed by atoms with Crippen LogP contribution in [0.2, 0.25) is 0 Å². The maximum Gasteiger partial charge on any atom is 0.284 e. The second kappa shape index (κ2) is 3.48. The third-order valence-corrected chi connectivity index (χ3v) is 1.80. The van der Waals surface area contributed by atoms with E-state index in [0.717, 1.165) is 6.54 Å². The number of quaternary nitrogens is 1.